The number of hydrogen-bond donors (Lipinski definition) is 1. The molecule has 1 saturated heterocycles. The Morgan fingerprint density at radius 2 is 1.75 bits per heavy atom. The van der Waals surface area contributed by atoms with E-state index in [2.05, 4.69) is 4.98 Å². The number of amides is 1. The van der Waals surface area contributed by atoms with Crippen molar-refractivity contribution in [3.05, 3.63) is 101 Å². The van der Waals surface area contributed by atoms with Crippen molar-refractivity contribution in [2.45, 2.75) is 13.0 Å². The van der Waals surface area contributed by atoms with Crippen LogP contribution < -0.4 is 4.90 Å². The monoisotopic (exact) mass is 444 g/mol. The number of thiazole rings is 1. The molecule has 3 aromatic carbocycles. The van der Waals surface area contributed by atoms with E-state index in [4.69, 9.17) is 0 Å². The summed E-state index contributed by atoms with van der Waals surface area (Å²) < 4.78 is 14.3. The van der Waals surface area contributed by atoms with E-state index in [0.29, 0.717) is 21.3 Å². The van der Waals surface area contributed by atoms with Crippen LogP contribution in [0.2, 0.25) is 0 Å². The average Bonchev–Trinajstić information content (AvgIpc) is 3.32. The van der Waals surface area contributed by atoms with E-state index in [0.717, 1.165) is 16.9 Å². The molecule has 1 amide bonds. The summed E-state index contributed by atoms with van der Waals surface area (Å²) in [6.45, 7) is 1.92. The minimum atomic E-state index is -0.858. The summed E-state index contributed by atoms with van der Waals surface area (Å²) in [4.78, 5) is 32.1. The van der Waals surface area contributed by atoms with Gasteiger partial charge in [-0.05, 0) is 30.7 Å². The van der Waals surface area contributed by atoms with Crippen molar-refractivity contribution in [1.29, 1.82) is 0 Å². The van der Waals surface area contributed by atoms with Crippen LogP contribution in [0.3, 0.4) is 0 Å². The van der Waals surface area contributed by atoms with Gasteiger partial charge in [0.1, 0.15) is 11.6 Å². The Kier molecular flexibility index (Phi) is 4.83. The fourth-order valence-electron chi connectivity index (χ4n) is 3.84. The smallest absolute Gasteiger partial charge is 0.301 e. The van der Waals surface area contributed by atoms with E-state index < -0.39 is 23.5 Å². The molecule has 0 aliphatic carbocycles. The Bertz CT molecular complexity index is 1390. The van der Waals surface area contributed by atoms with E-state index in [1.54, 1.807) is 36.4 Å². The Hall–Kier alpha value is -3.84. The number of carbonyl (C=O) groups is 2. The molecule has 1 atom stereocenters. The molecule has 5 nitrogen and oxygen atoms in total. The molecule has 1 aromatic heterocycles. The van der Waals surface area contributed by atoms with Crippen molar-refractivity contribution in [2.75, 3.05) is 4.90 Å². The summed E-state index contributed by atoms with van der Waals surface area (Å²) in [6.07, 6.45) is 0. The Morgan fingerprint density at radius 3 is 2.47 bits per heavy atom. The van der Waals surface area contributed by atoms with Gasteiger partial charge >= 0.3 is 5.91 Å². The van der Waals surface area contributed by atoms with Gasteiger partial charge in [-0.1, -0.05) is 71.5 Å². The minimum Gasteiger partial charge on any atom is -0.507 e. The second-order valence-corrected chi connectivity index (χ2v) is 8.56. The van der Waals surface area contributed by atoms with E-state index in [1.165, 1.54) is 23.1 Å². The number of rotatable bonds is 3. The highest BCUT2D eigenvalue weighted by molar-refractivity contribution is 7.22. The molecular formula is C25H17FN2O3S. The number of Topliss-reactive ketones (excluding diaryl/α,β-unsaturated/α-hetero) is 1. The third-order valence-electron chi connectivity index (χ3n) is 5.43. The van der Waals surface area contributed by atoms with Crippen LogP contribution in [0.15, 0.2) is 78.4 Å². The molecule has 32 heavy (non-hydrogen) atoms. The molecule has 1 aliphatic rings. The number of ketones is 1. The number of halogens is 1. The largest absolute Gasteiger partial charge is 0.507 e. The maximum absolute atomic E-state index is 13.7. The zero-order valence-corrected chi connectivity index (χ0v) is 17.8. The molecule has 158 valence electrons. The van der Waals surface area contributed by atoms with E-state index in [1.807, 2.05) is 25.1 Å². The van der Waals surface area contributed by atoms with Crippen LogP contribution >= 0.6 is 11.3 Å². The van der Waals surface area contributed by atoms with Gasteiger partial charge in [0.25, 0.3) is 5.78 Å². The number of benzene rings is 3. The second kappa shape index (κ2) is 7.69. The third-order valence-corrected chi connectivity index (χ3v) is 6.45. The van der Waals surface area contributed by atoms with Crippen molar-refractivity contribution in [3.8, 4) is 0 Å². The van der Waals surface area contributed by atoms with Crippen molar-refractivity contribution in [2.24, 2.45) is 0 Å². The highest BCUT2D eigenvalue weighted by atomic mass is 32.1. The molecule has 5 rings (SSSR count). The normalized spacial score (nSPS) is 17.9. The van der Waals surface area contributed by atoms with Crippen LogP contribution in [-0.4, -0.2) is 21.8 Å². The molecule has 0 bridgehead atoms. The van der Waals surface area contributed by atoms with Crippen LogP contribution in [0.25, 0.3) is 16.0 Å². The van der Waals surface area contributed by atoms with E-state index >= 15 is 0 Å². The minimum absolute atomic E-state index is 0.00418. The lowest BCUT2D eigenvalue weighted by Crippen LogP contribution is -2.29. The summed E-state index contributed by atoms with van der Waals surface area (Å²) >= 11 is 1.12. The van der Waals surface area contributed by atoms with Gasteiger partial charge in [-0.25, -0.2) is 9.37 Å². The number of hydrogen-bond acceptors (Lipinski definition) is 5. The number of anilines is 1. The maximum atomic E-state index is 13.7. The topological polar surface area (TPSA) is 70.5 Å². The maximum Gasteiger partial charge on any atom is 0.301 e. The van der Waals surface area contributed by atoms with E-state index in [-0.39, 0.29) is 16.5 Å². The van der Waals surface area contributed by atoms with Gasteiger partial charge in [0.15, 0.2) is 5.13 Å². The molecule has 1 fully saturated rings. The summed E-state index contributed by atoms with van der Waals surface area (Å²) in [5.41, 5.74) is 2.63. The molecule has 1 unspecified atom stereocenters. The van der Waals surface area contributed by atoms with Gasteiger partial charge in [-0.2, -0.15) is 0 Å². The van der Waals surface area contributed by atoms with Crippen LogP contribution in [0, 0.1) is 12.7 Å². The van der Waals surface area contributed by atoms with Crippen LogP contribution in [-0.2, 0) is 9.59 Å². The highest BCUT2D eigenvalue weighted by Crippen LogP contribution is 2.44. The number of fused-ring (bicyclic) bond motifs is 1. The quantitative estimate of drug-likeness (QED) is 0.262. The van der Waals surface area contributed by atoms with Crippen molar-refractivity contribution in [1.82, 2.24) is 4.98 Å². The summed E-state index contributed by atoms with van der Waals surface area (Å²) in [7, 11) is 0. The predicted octanol–water partition coefficient (Wildman–Crippen LogP) is 5.37. The number of carbonyl (C=O) groups excluding carboxylic acids is 2. The third kappa shape index (κ3) is 3.27. The Labute approximate surface area is 187 Å². The van der Waals surface area contributed by atoms with Crippen LogP contribution in [0.4, 0.5) is 9.52 Å². The molecule has 1 N–H and O–H groups in total. The van der Waals surface area contributed by atoms with Gasteiger partial charge in [0.2, 0.25) is 0 Å². The standard InChI is InChI=1S/C25H17FN2O3S/c1-14-7-9-16(10-8-14)22(29)20-21(15-5-3-2-4-6-15)28(24(31)23(20)30)25-27-18-12-11-17(26)13-19(18)32-25/h2-13,21,29H,1H3/b22-20+. The van der Waals surface area contributed by atoms with E-state index in [9.17, 15) is 19.1 Å². The molecule has 0 saturated carbocycles. The first-order valence-electron chi connectivity index (χ1n) is 9.93. The number of aromatic nitrogens is 1. The number of aliphatic hydroxyl groups is 1. The van der Waals surface area contributed by atoms with Gasteiger partial charge in [0.05, 0.1) is 21.8 Å². The molecule has 7 heteroatoms. The van der Waals surface area contributed by atoms with Crippen LogP contribution in [0.1, 0.15) is 22.7 Å². The first-order valence-corrected chi connectivity index (χ1v) is 10.7. The molecule has 0 spiro atoms. The zero-order chi connectivity index (χ0) is 22.4. The molecular weight excluding hydrogens is 427 g/mol. The number of aliphatic hydroxyl groups excluding tert-OH is 1. The fraction of sp³-hybridized carbons (Fsp3) is 0.0800. The highest BCUT2D eigenvalue weighted by Gasteiger charge is 2.48. The second-order valence-electron chi connectivity index (χ2n) is 7.55. The first kappa shape index (κ1) is 20.1. The molecule has 1 aliphatic heterocycles. The molecule has 4 aromatic rings. The fourth-order valence-corrected chi connectivity index (χ4v) is 4.85. The predicted molar refractivity (Wildman–Crippen MR) is 122 cm³/mol. The molecule has 0 radical (unpaired) electrons. The lowest BCUT2D eigenvalue weighted by molar-refractivity contribution is -0.132. The lowest BCUT2D eigenvalue weighted by atomic mass is 9.95. The molecule has 2 heterocycles. The summed E-state index contributed by atoms with van der Waals surface area (Å²) in [6, 6.07) is 19.4. The van der Waals surface area contributed by atoms with Crippen molar-refractivity contribution < 1.29 is 19.1 Å². The van der Waals surface area contributed by atoms with Crippen LogP contribution in [0.5, 0.6) is 0 Å². The Balaban J connectivity index is 1.72. The van der Waals surface area contributed by atoms with Crippen molar-refractivity contribution >= 4 is 44.1 Å². The SMILES string of the molecule is Cc1ccc(/C(O)=C2\C(=O)C(=O)N(c3nc4ccc(F)cc4s3)C2c2ccccc2)cc1. The number of nitrogens with zero attached hydrogens (tertiary/aromatic N) is 2. The summed E-state index contributed by atoms with van der Waals surface area (Å²) in [5, 5.41) is 11.4. The zero-order valence-electron chi connectivity index (χ0n) is 16.9. The lowest BCUT2D eigenvalue weighted by Gasteiger charge is -2.22. The van der Waals surface area contributed by atoms with Crippen molar-refractivity contribution in [3.63, 3.8) is 0 Å². The number of aryl methyl sites for hydroxylation is 1. The van der Waals surface area contributed by atoms with Gasteiger partial charge in [0, 0.05) is 5.56 Å². The van der Waals surface area contributed by atoms with Gasteiger partial charge in [-0.15, -0.1) is 0 Å². The first-order chi connectivity index (χ1) is 15.4. The Morgan fingerprint density at radius 1 is 1.03 bits per heavy atom. The van der Waals surface area contributed by atoms with Gasteiger partial charge in [-0.3, -0.25) is 14.5 Å². The summed E-state index contributed by atoms with van der Waals surface area (Å²) in [5.74, 6) is -2.23. The van der Waals surface area contributed by atoms with Gasteiger partial charge < -0.3 is 5.11 Å². The average molecular weight is 444 g/mol.